The Kier molecular flexibility index (Phi) is 11.4. The molecule has 0 aliphatic carbocycles. The summed E-state index contributed by atoms with van der Waals surface area (Å²) in [4.78, 5) is 22.9. The smallest absolute Gasteiger partial charge is 0.0645 e. The van der Waals surface area contributed by atoms with Crippen LogP contribution in [0.5, 0.6) is 0 Å². The van der Waals surface area contributed by atoms with Gasteiger partial charge in [0.15, 0.2) is 0 Å². The number of anilines is 6. The van der Waals surface area contributed by atoms with Crippen LogP contribution in [0.4, 0.5) is 34.1 Å². The molecule has 0 spiro atoms. The van der Waals surface area contributed by atoms with Gasteiger partial charge in [-0.25, -0.2) is 0 Å². The number of nitrogens with zero attached hydrogens (tertiary/aromatic N) is 6. The number of fused-ring (bicyclic) bond motifs is 6. The lowest BCUT2D eigenvalue weighted by atomic mass is 9.84. The summed E-state index contributed by atoms with van der Waals surface area (Å²) in [5.74, 6) is 0. The molecule has 15 rings (SSSR count). The Bertz CT molecular complexity index is 4450. The predicted molar refractivity (Wildman–Crippen MR) is 334 cm³/mol. The molecule has 0 unspecified atom stereocenters. The van der Waals surface area contributed by atoms with Crippen LogP contribution in [0.15, 0.2) is 292 Å². The summed E-state index contributed by atoms with van der Waals surface area (Å²) < 4.78 is 0. The average Bonchev–Trinajstić information content (AvgIpc) is 3.61. The summed E-state index contributed by atoms with van der Waals surface area (Å²) >= 11 is 0. The number of hydrogen-bond donors (Lipinski definition) is 0. The van der Waals surface area contributed by atoms with Gasteiger partial charge in [-0.1, -0.05) is 133 Å². The van der Waals surface area contributed by atoms with Crippen LogP contribution in [0.25, 0.3) is 109 Å². The van der Waals surface area contributed by atoms with Gasteiger partial charge in [-0.15, -0.1) is 0 Å². The topological polar surface area (TPSA) is 58.0 Å². The molecule has 4 aromatic heterocycles. The quantitative estimate of drug-likeness (QED) is 0.127. The van der Waals surface area contributed by atoms with Crippen LogP contribution in [0, 0.1) is 0 Å². The standard InChI is InChI=1S/C74H48N6/c1-3-11-51-37-53(19-17-49(51)9-1)55-21-23-59-41-61(27-25-57(59)39-55)73-69-31-29-64(80(67-15-7-35-77-47-67)68-16-8-36-78-48-68)44-72(69)74(70-32-30-63(43-71(70)73)79(65-13-5-33-75-45-65)66-14-6-34-76-46-66)62-28-26-58-40-56(22-24-60(58)42-62)54-20-18-50-10-2-4-12-52(50)38-54/h1-48H. The zero-order valence-electron chi connectivity index (χ0n) is 43.4. The molecule has 0 atom stereocenters. The minimum absolute atomic E-state index is 0.934. The van der Waals surface area contributed by atoms with Crippen molar-refractivity contribution in [2.75, 3.05) is 9.80 Å². The van der Waals surface area contributed by atoms with Crippen LogP contribution in [0.1, 0.15) is 0 Å². The molecule has 0 N–H and O–H groups in total. The SMILES string of the molecule is c1cncc(N(c2cccnc2)c2ccc3c(-c4ccc5cc(-c6ccc7ccccc7c6)ccc5c4)c4cc(N(c5cccnc5)c5cccnc5)ccc4c(-c4ccc5cc(-c6ccc7ccccc7c6)ccc5c4)c3c2)c1. The Balaban J connectivity index is 0.985. The van der Waals surface area contributed by atoms with Crippen LogP contribution in [-0.2, 0) is 0 Å². The number of aromatic nitrogens is 4. The lowest BCUT2D eigenvalue weighted by molar-refractivity contribution is 1.20. The van der Waals surface area contributed by atoms with Gasteiger partial charge in [0, 0.05) is 36.2 Å². The summed E-state index contributed by atoms with van der Waals surface area (Å²) in [7, 11) is 0. The Morgan fingerprint density at radius 1 is 0.200 bits per heavy atom. The molecule has 0 radical (unpaired) electrons. The maximum Gasteiger partial charge on any atom is 0.0645 e. The third kappa shape index (κ3) is 8.40. The number of hydrogen-bond acceptors (Lipinski definition) is 6. The summed E-state index contributed by atoms with van der Waals surface area (Å²) in [5.41, 5.74) is 15.0. The summed E-state index contributed by atoms with van der Waals surface area (Å²) in [6.45, 7) is 0. The van der Waals surface area contributed by atoms with E-state index in [9.17, 15) is 0 Å². The molecular formula is C74H48N6. The van der Waals surface area contributed by atoms with Crippen LogP contribution in [-0.4, -0.2) is 19.9 Å². The second-order valence-electron chi connectivity index (χ2n) is 20.4. The van der Waals surface area contributed by atoms with Crippen LogP contribution in [0.2, 0.25) is 0 Å². The molecule has 6 heteroatoms. The molecule has 0 saturated heterocycles. The van der Waals surface area contributed by atoms with E-state index in [1.54, 1.807) is 0 Å². The molecule has 80 heavy (non-hydrogen) atoms. The number of benzene rings is 11. The van der Waals surface area contributed by atoms with Gasteiger partial charge in [-0.05, 0) is 218 Å². The van der Waals surface area contributed by atoms with Gasteiger partial charge in [0.05, 0.1) is 47.5 Å². The highest BCUT2D eigenvalue weighted by molar-refractivity contribution is 6.23. The number of pyridine rings is 4. The van der Waals surface area contributed by atoms with Gasteiger partial charge in [-0.2, -0.15) is 0 Å². The van der Waals surface area contributed by atoms with Gasteiger partial charge in [0.1, 0.15) is 0 Å². The minimum Gasteiger partial charge on any atom is -0.307 e. The lowest BCUT2D eigenvalue weighted by Crippen LogP contribution is -2.11. The average molecular weight is 1020 g/mol. The van der Waals surface area contributed by atoms with Crippen molar-refractivity contribution in [3.05, 3.63) is 292 Å². The zero-order valence-corrected chi connectivity index (χ0v) is 43.4. The molecule has 11 aromatic carbocycles. The normalized spacial score (nSPS) is 11.5. The highest BCUT2D eigenvalue weighted by Crippen LogP contribution is 2.49. The zero-order chi connectivity index (χ0) is 52.9. The largest absolute Gasteiger partial charge is 0.307 e. The Morgan fingerprint density at radius 2 is 0.487 bits per heavy atom. The molecule has 0 bridgehead atoms. The van der Waals surface area contributed by atoms with Gasteiger partial charge in [0.25, 0.3) is 0 Å². The van der Waals surface area contributed by atoms with Crippen molar-refractivity contribution < 1.29 is 0 Å². The first-order valence-corrected chi connectivity index (χ1v) is 26.9. The monoisotopic (exact) mass is 1020 g/mol. The van der Waals surface area contributed by atoms with Crippen LogP contribution in [0.3, 0.4) is 0 Å². The fourth-order valence-electron chi connectivity index (χ4n) is 11.8. The minimum atomic E-state index is 0.934. The van der Waals surface area contributed by atoms with E-state index in [1.807, 2.05) is 73.8 Å². The van der Waals surface area contributed by atoms with Gasteiger partial charge in [-0.3, -0.25) is 19.9 Å². The van der Waals surface area contributed by atoms with Gasteiger partial charge >= 0.3 is 0 Å². The van der Waals surface area contributed by atoms with Gasteiger partial charge in [0.2, 0.25) is 0 Å². The Morgan fingerprint density at radius 3 is 0.812 bits per heavy atom. The molecule has 0 aliphatic heterocycles. The fourth-order valence-corrected chi connectivity index (χ4v) is 11.8. The highest BCUT2D eigenvalue weighted by atomic mass is 15.2. The molecule has 6 nitrogen and oxygen atoms in total. The van der Waals surface area contributed by atoms with E-state index in [0.29, 0.717) is 0 Å². The van der Waals surface area contributed by atoms with Crippen molar-refractivity contribution >= 4 is 98.8 Å². The molecular weight excluding hydrogens is 973 g/mol. The first-order chi connectivity index (χ1) is 39.6. The summed E-state index contributed by atoms with van der Waals surface area (Å²) in [6.07, 6.45) is 14.9. The third-order valence-corrected chi connectivity index (χ3v) is 15.6. The van der Waals surface area contributed by atoms with E-state index in [0.717, 1.165) is 88.7 Å². The molecule has 0 saturated carbocycles. The van der Waals surface area contributed by atoms with Crippen molar-refractivity contribution in [3.8, 4) is 44.5 Å². The van der Waals surface area contributed by atoms with Crippen molar-refractivity contribution in [1.29, 1.82) is 0 Å². The van der Waals surface area contributed by atoms with E-state index < -0.39 is 0 Å². The molecule has 0 fully saturated rings. The van der Waals surface area contributed by atoms with E-state index in [4.69, 9.17) is 0 Å². The molecule has 0 amide bonds. The van der Waals surface area contributed by atoms with Crippen molar-refractivity contribution in [1.82, 2.24) is 19.9 Å². The first-order valence-electron chi connectivity index (χ1n) is 26.9. The Hall–Kier alpha value is -10.8. The molecule has 0 aliphatic rings. The van der Waals surface area contributed by atoms with E-state index >= 15 is 0 Å². The fraction of sp³-hybridized carbons (Fsp3) is 0. The Labute approximate surface area is 462 Å². The maximum absolute atomic E-state index is 4.60. The van der Waals surface area contributed by atoms with Gasteiger partial charge < -0.3 is 9.80 Å². The first kappa shape index (κ1) is 46.5. The molecule has 4 heterocycles. The van der Waals surface area contributed by atoms with Crippen LogP contribution >= 0.6 is 0 Å². The van der Waals surface area contributed by atoms with Crippen LogP contribution < -0.4 is 9.80 Å². The lowest BCUT2D eigenvalue weighted by Gasteiger charge is -2.27. The van der Waals surface area contributed by atoms with E-state index in [2.05, 4.69) is 248 Å². The van der Waals surface area contributed by atoms with Crippen molar-refractivity contribution in [3.63, 3.8) is 0 Å². The second kappa shape index (κ2) is 19.6. The van der Waals surface area contributed by atoms with Crippen molar-refractivity contribution in [2.24, 2.45) is 0 Å². The third-order valence-electron chi connectivity index (χ3n) is 15.6. The van der Waals surface area contributed by atoms with E-state index in [-0.39, 0.29) is 0 Å². The molecule has 15 aromatic rings. The maximum atomic E-state index is 4.60. The summed E-state index contributed by atoms with van der Waals surface area (Å²) in [5, 5.41) is 14.1. The number of rotatable bonds is 10. The second-order valence-corrected chi connectivity index (χ2v) is 20.4. The predicted octanol–water partition coefficient (Wildman–Crippen LogP) is 19.8. The van der Waals surface area contributed by atoms with Crippen molar-refractivity contribution in [2.45, 2.75) is 0 Å². The molecule has 374 valence electrons. The summed E-state index contributed by atoms with van der Waals surface area (Å²) in [6, 6.07) is 88.4. The highest BCUT2D eigenvalue weighted by Gasteiger charge is 2.23. The van der Waals surface area contributed by atoms with E-state index in [1.165, 1.54) is 54.6 Å².